The highest BCUT2D eigenvalue weighted by Crippen LogP contribution is 2.41. The summed E-state index contributed by atoms with van der Waals surface area (Å²) in [7, 11) is 0. The van der Waals surface area contributed by atoms with Crippen molar-refractivity contribution < 1.29 is 0 Å². The summed E-state index contributed by atoms with van der Waals surface area (Å²) in [6.45, 7) is 0. The normalized spacial score (nSPS) is 12.2. The van der Waals surface area contributed by atoms with Crippen molar-refractivity contribution in [1.29, 1.82) is 0 Å². The summed E-state index contributed by atoms with van der Waals surface area (Å²) in [6, 6.07) is 70.5. The van der Waals surface area contributed by atoms with Crippen molar-refractivity contribution >= 4 is 81.7 Å². The van der Waals surface area contributed by atoms with E-state index in [1.54, 1.807) is 0 Å². The molecule has 0 atom stereocenters. The van der Waals surface area contributed by atoms with E-state index in [0.717, 1.165) is 33.8 Å². The zero-order valence-electron chi connectivity index (χ0n) is 30.8. The minimum absolute atomic E-state index is 0.900. The molecule has 57 heavy (non-hydrogen) atoms. The molecule has 4 nitrogen and oxygen atoms in total. The molecular weight excluding hydrogens is 693 g/mol. The Balaban J connectivity index is 0.950. The highest BCUT2D eigenvalue weighted by atomic mass is 15.1. The fourth-order valence-corrected chi connectivity index (χ4v) is 9.72. The van der Waals surface area contributed by atoms with E-state index >= 15 is 0 Å². The van der Waals surface area contributed by atoms with E-state index in [9.17, 15) is 0 Å². The molecule has 0 aliphatic carbocycles. The van der Waals surface area contributed by atoms with Gasteiger partial charge in [0.25, 0.3) is 0 Å². The number of benzene rings is 8. The molecule has 0 unspecified atom stereocenters. The number of para-hydroxylation sites is 5. The molecule has 0 bridgehead atoms. The van der Waals surface area contributed by atoms with Gasteiger partial charge in [-0.3, -0.25) is 4.57 Å². The number of hydrogen-bond donors (Lipinski definition) is 0. The van der Waals surface area contributed by atoms with Crippen LogP contribution in [0.5, 0.6) is 0 Å². The Morgan fingerprint density at radius 2 is 0.825 bits per heavy atom. The van der Waals surface area contributed by atoms with Crippen LogP contribution in [-0.2, 0) is 0 Å². The average Bonchev–Trinajstić information content (AvgIpc) is 4.01. The Labute approximate surface area is 327 Å². The summed E-state index contributed by atoms with van der Waals surface area (Å²) in [5.74, 6) is 0.900. The van der Waals surface area contributed by atoms with Gasteiger partial charge in [0.15, 0.2) is 0 Å². The predicted molar refractivity (Wildman–Crippen MR) is 238 cm³/mol. The van der Waals surface area contributed by atoms with Crippen LogP contribution in [0.1, 0.15) is 0 Å². The third kappa shape index (κ3) is 4.24. The van der Waals surface area contributed by atoms with Crippen LogP contribution in [0, 0.1) is 0 Å². The van der Waals surface area contributed by atoms with E-state index in [1.807, 2.05) is 0 Å². The fraction of sp³-hybridized carbons (Fsp3) is 0. The highest BCUT2D eigenvalue weighted by molar-refractivity contribution is 6.23. The molecule has 8 aromatic carbocycles. The van der Waals surface area contributed by atoms with Crippen LogP contribution in [0.3, 0.4) is 0 Å². The summed E-state index contributed by atoms with van der Waals surface area (Å²) in [4.78, 5) is 5.38. The lowest BCUT2D eigenvalue weighted by Crippen LogP contribution is -1.98. The van der Waals surface area contributed by atoms with Crippen LogP contribution < -0.4 is 0 Å². The predicted octanol–water partition coefficient (Wildman–Crippen LogP) is 13.8. The second-order valence-electron chi connectivity index (χ2n) is 15.2. The van der Waals surface area contributed by atoms with Crippen LogP contribution in [-0.4, -0.2) is 18.5 Å². The second kappa shape index (κ2) is 11.4. The van der Waals surface area contributed by atoms with Gasteiger partial charge in [-0.15, -0.1) is 0 Å². The monoisotopic (exact) mass is 724 g/mol. The van der Waals surface area contributed by atoms with E-state index in [4.69, 9.17) is 4.98 Å². The van der Waals surface area contributed by atoms with Crippen LogP contribution in [0.25, 0.3) is 116 Å². The molecule has 0 saturated carbocycles. The molecule has 264 valence electrons. The van der Waals surface area contributed by atoms with Crippen LogP contribution in [0.2, 0.25) is 0 Å². The number of pyridine rings is 1. The van der Waals surface area contributed by atoms with Crippen molar-refractivity contribution in [3.8, 4) is 33.9 Å². The van der Waals surface area contributed by atoms with E-state index in [0.29, 0.717) is 0 Å². The smallest absolute Gasteiger partial charge is 0.138 e. The highest BCUT2D eigenvalue weighted by Gasteiger charge is 2.19. The average molecular weight is 725 g/mol. The molecule has 5 heterocycles. The zero-order chi connectivity index (χ0) is 37.2. The molecule has 0 saturated heterocycles. The largest absolute Gasteiger partial charge is 0.309 e. The molecule has 0 fully saturated rings. The van der Waals surface area contributed by atoms with E-state index in [1.165, 1.54) is 81.8 Å². The van der Waals surface area contributed by atoms with E-state index in [-0.39, 0.29) is 0 Å². The van der Waals surface area contributed by atoms with Gasteiger partial charge in [0, 0.05) is 54.3 Å². The van der Waals surface area contributed by atoms with Gasteiger partial charge in [0.2, 0.25) is 0 Å². The van der Waals surface area contributed by atoms with Crippen molar-refractivity contribution in [3.63, 3.8) is 0 Å². The van der Waals surface area contributed by atoms with Crippen LogP contribution >= 0.6 is 0 Å². The van der Waals surface area contributed by atoms with Crippen LogP contribution in [0.4, 0.5) is 0 Å². The number of rotatable bonds is 4. The topological polar surface area (TPSA) is 27.2 Å². The maximum absolute atomic E-state index is 5.38. The zero-order valence-corrected chi connectivity index (χ0v) is 30.8. The van der Waals surface area contributed by atoms with Crippen molar-refractivity contribution in [2.45, 2.75) is 0 Å². The summed E-state index contributed by atoms with van der Waals surface area (Å²) in [5.41, 5.74) is 14.0. The summed E-state index contributed by atoms with van der Waals surface area (Å²) >= 11 is 0. The molecular formula is C53H32N4. The lowest BCUT2D eigenvalue weighted by atomic mass is 10.0. The number of nitrogens with zero attached hydrogens (tertiary/aromatic N) is 4. The van der Waals surface area contributed by atoms with Crippen molar-refractivity contribution in [1.82, 2.24) is 18.5 Å². The number of fused-ring (bicyclic) bond motifs is 12. The van der Waals surface area contributed by atoms with Crippen molar-refractivity contribution in [3.05, 3.63) is 194 Å². The Hall–Kier alpha value is -7.69. The van der Waals surface area contributed by atoms with Crippen molar-refractivity contribution in [2.24, 2.45) is 0 Å². The minimum atomic E-state index is 0.900. The van der Waals surface area contributed by atoms with Crippen LogP contribution in [0.15, 0.2) is 194 Å². The second-order valence-corrected chi connectivity index (χ2v) is 15.2. The summed E-state index contributed by atoms with van der Waals surface area (Å²) in [6.07, 6.45) is 0. The molecule has 0 spiro atoms. The third-order valence-electron chi connectivity index (χ3n) is 12.2. The maximum atomic E-state index is 5.38. The van der Waals surface area contributed by atoms with Gasteiger partial charge in [0.05, 0.1) is 44.3 Å². The maximum Gasteiger partial charge on any atom is 0.138 e. The van der Waals surface area contributed by atoms with Gasteiger partial charge in [-0.2, -0.15) is 0 Å². The Bertz CT molecular complexity index is 3710. The summed E-state index contributed by atoms with van der Waals surface area (Å²) < 4.78 is 7.14. The molecule has 0 aliphatic rings. The van der Waals surface area contributed by atoms with Gasteiger partial charge < -0.3 is 8.97 Å². The first kappa shape index (κ1) is 30.6. The van der Waals surface area contributed by atoms with E-state index < -0.39 is 0 Å². The standard InChI is InChI=1S/C53H32N4/c1-5-21-46-37(14-1)38-15-2-6-22-47(38)55(46)36-13-9-12-33(30-36)34-27-29-50-44(31-34)40-17-4-7-23-48(40)56(50)52-25-11-20-45(54-52)35-26-28-41-43-19-10-18-42-39-16-3-8-24-49(39)57(53(42)43)51(41)32-35/h1-32H. The van der Waals surface area contributed by atoms with Gasteiger partial charge >= 0.3 is 0 Å². The molecule has 0 aliphatic heterocycles. The molecule has 0 N–H and O–H groups in total. The Morgan fingerprint density at radius 3 is 1.56 bits per heavy atom. The molecule has 5 aromatic heterocycles. The number of aromatic nitrogens is 4. The van der Waals surface area contributed by atoms with Gasteiger partial charge in [-0.1, -0.05) is 127 Å². The first-order chi connectivity index (χ1) is 28.3. The lowest BCUT2D eigenvalue weighted by Gasteiger charge is -2.11. The fourth-order valence-electron chi connectivity index (χ4n) is 9.72. The molecule has 13 rings (SSSR count). The Morgan fingerprint density at radius 1 is 0.298 bits per heavy atom. The summed E-state index contributed by atoms with van der Waals surface area (Å²) in [5, 5.41) is 10.1. The minimum Gasteiger partial charge on any atom is -0.309 e. The quantitative estimate of drug-likeness (QED) is 0.178. The number of hydrogen-bond acceptors (Lipinski definition) is 1. The molecule has 0 amide bonds. The SMILES string of the molecule is c1cc(-c2ccc3c(c2)c2ccccc2n3-c2cccc(-c3ccc4c5cccc6c7ccccc7n(c4c3)c65)n2)cc(-n2c3ccccc3c3ccccc32)c1. The lowest BCUT2D eigenvalue weighted by molar-refractivity contribution is 1.08. The molecule has 13 aromatic rings. The van der Waals surface area contributed by atoms with Gasteiger partial charge in [-0.25, -0.2) is 4.98 Å². The van der Waals surface area contributed by atoms with Gasteiger partial charge in [0.1, 0.15) is 5.82 Å². The molecule has 4 heteroatoms. The first-order valence-electron chi connectivity index (χ1n) is 19.6. The Kier molecular flexibility index (Phi) is 6.13. The van der Waals surface area contributed by atoms with Crippen molar-refractivity contribution in [2.75, 3.05) is 0 Å². The third-order valence-corrected chi connectivity index (χ3v) is 12.2. The first-order valence-corrected chi connectivity index (χ1v) is 19.6. The van der Waals surface area contributed by atoms with Gasteiger partial charge in [-0.05, 0) is 77.9 Å². The molecule has 0 radical (unpaired) electrons. The van der Waals surface area contributed by atoms with E-state index in [2.05, 4.69) is 208 Å².